The average molecular weight is 173 g/mol. The third kappa shape index (κ3) is 0.917. The number of hydrogen-bond donors (Lipinski definition) is 1. The second-order valence-corrected chi connectivity index (χ2v) is 3.19. The van der Waals surface area contributed by atoms with Gasteiger partial charge in [0.1, 0.15) is 17.8 Å². The van der Waals surface area contributed by atoms with E-state index in [2.05, 4.69) is 4.89 Å². The van der Waals surface area contributed by atoms with E-state index in [1.165, 1.54) is 6.08 Å². The molecule has 4 atom stereocenters. The first kappa shape index (κ1) is 8.15. The molecule has 1 radical (unpaired) electrons. The Morgan fingerprint density at radius 1 is 1.67 bits per heavy atom. The summed E-state index contributed by atoms with van der Waals surface area (Å²) in [6.45, 7) is 1.68. The van der Waals surface area contributed by atoms with Crippen molar-refractivity contribution in [2.24, 2.45) is 0 Å². The maximum absolute atomic E-state index is 10.1. The van der Waals surface area contributed by atoms with E-state index in [-0.39, 0.29) is 0 Å². The minimum Gasteiger partial charge on any atom is -0.387 e. The van der Waals surface area contributed by atoms with E-state index in [0.29, 0.717) is 0 Å². The standard InChI is InChI=1S/C7H9O5/c1-7-3-2-4(10-9)5(6(7)8)11-12-7/h2-6,8H,1H3/t4-,5-,6+,7-/m1/s1. The Kier molecular flexibility index (Phi) is 1.71. The zero-order valence-electron chi connectivity index (χ0n) is 6.47. The van der Waals surface area contributed by atoms with Gasteiger partial charge in [0.2, 0.25) is 0 Å². The molecular weight excluding hydrogens is 164 g/mol. The zero-order valence-corrected chi connectivity index (χ0v) is 6.47. The van der Waals surface area contributed by atoms with Gasteiger partial charge in [0, 0.05) is 0 Å². The fraction of sp³-hybridized carbons (Fsp3) is 0.714. The summed E-state index contributed by atoms with van der Waals surface area (Å²) in [5.74, 6) is 0. The molecule has 67 valence electrons. The summed E-state index contributed by atoms with van der Waals surface area (Å²) in [6.07, 6.45) is 0.788. The Balaban J connectivity index is 2.28. The maximum Gasteiger partial charge on any atom is 0.155 e. The average Bonchev–Trinajstić information content (AvgIpc) is 2.29. The van der Waals surface area contributed by atoms with Crippen molar-refractivity contribution in [3.63, 3.8) is 0 Å². The Labute approximate surface area is 69.0 Å². The highest BCUT2D eigenvalue weighted by molar-refractivity contribution is 5.17. The van der Waals surface area contributed by atoms with Gasteiger partial charge in [-0.1, -0.05) is 6.08 Å². The van der Waals surface area contributed by atoms with E-state index in [4.69, 9.17) is 9.78 Å². The lowest BCUT2D eigenvalue weighted by atomic mass is 9.87. The topological polar surface area (TPSA) is 67.8 Å². The Bertz CT molecular complexity index is 216. The van der Waals surface area contributed by atoms with Gasteiger partial charge in [-0.25, -0.2) is 9.78 Å². The van der Waals surface area contributed by atoms with E-state index in [1.54, 1.807) is 13.0 Å². The van der Waals surface area contributed by atoms with Gasteiger partial charge < -0.3 is 5.11 Å². The summed E-state index contributed by atoms with van der Waals surface area (Å²) in [5.41, 5.74) is -0.834. The lowest BCUT2D eigenvalue weighted by molar-refractivity contribution is -0.370. The van der Waals surface area contributed by atoms with Gasteiger partial charge >= 0.3 is 0 Å². The fourth-order valence-corrected chi connectivity index (χ4v) is 1.43. The number of fused-ring (bicyclic) bond motifs is 2. The molecule has 5 nitrogen and oxygen atoms in total. The van der Waals surface area contributed by atoms with Gasteiger partial charge in [-0.05, 0) is 18.3 Å². The molecule has 0 aromatic rings. The fourth-order valence-electron chi connectivity index (χ4n) is 1.43. The number of hydrogen-bond acceptors (Lipinski definition) is 4. The van der Waals surface area contributed by atoms with Crippen LogP contribution >= 0.6 is 0 Å². The third-order valence-electron chi connectivity index (χ3n) is 2.29. The molecule has 0 aromatic heterocycles. The molecule has 2 rings (SSSR count). The van der Waals surface area contributed by atoms with Crippen LogP contribution < -0.4 is 0 Å². The Morgan fingerprint density at radius 3 is 3.08 bits per heavy atom. The lowest BCUT2D eigenvalue weighted by Crippen LogP contribution is -2.47. The molecule has 1 aliphatic heterocycles. The molecular formula is C7H9O5. The highest BCUT2D eigenvalue weighted by Crippen LogP contribution is 2.36. The van der Waals surface area contributed by atoms with E-state index >= 15 is 0 Å². The molecule has 0 aromatic carbocycles. The van der Waals surface area contributed by atoms with Gasteiger partial charge in [0.25, 0.3) is 0 Å². The maximum atomic E-state index is 10.1. The minimum atomic E-state index is -0.846. The molecule has 1 saturated heterocycles. The molecule has 1 N–H and O–H groups in total. The van der Waals surface area contributed by atoms with Crippen LogP contribution in [-0.2, 0) is 19.9 Å². The smallest absolute Gasteiger partial charge is 0.155 e. The molecule has 1 fully saturated rings. The summed E-state index contributed by atoms with van der Waals surface area (Å²) >= 11 is 0. The van der Waals surface area contributed by atoms with Crippen LogP contribution in [0.15, 0.2) is 12.2 Å². The van der Waals surface area contributed by atoms with Crippen molar-refractivity contribution in [1.29, 1.82) is 0 Å². The van der Waals surface area contributed by atoms with E-state index in [9.17, 15) is 10.4 Å². The lowest BCUT2D eigenvalue weighted by Gasteiger charge is -2.26. The highest BCUT2D eigenvalue weighted by atomic mass is 17.2. The van der Waals surface area contributed by atoms with Crippen molar-refractivity contribution in [1.82, 2.24) is 0 Å². The SMILES string of the molecule is C[C@]12C=C[C@@H](O[O])[C@@H](OO1)[C@@H]2O. The quantitative estimate of drug-likeness (QED) is 0.337. The normalized spacial score (nSPS) is 51.4. The van der Waals surface area contributed by atoms with E-state index in [1.807, 2.05) is 0 Å². The number of rotatable bonds is 1. The van der Waals surface area contributed by atoms with Crippen LogP contribution in [0.5, 0.6) is 0 Å². The van der Waals surface area contributed by atoms with Crippen LogP contribution in [0.2, 0.25) is 0 Å². The molecule has 2 bridgehead atoms. The Hall–Kier alpha value is -0.460. The Morgan fingerprint density at radius 2 is 2.42 bits per heavy atom. The van der Waals surface area contributed by atoms with Crippen molar-refractivity contribution in [3.05, 3.63) is 12.2 Å². The number of aliphatic hydroxyl groups excluding tert-OH is 1. The zero-order chi connectivity index (χ0) is 8.77. The van der Waals surface area contributed by atoms with Crippen LogP contribution in [0, 0.1) is 0 Å². The van der Waals surface area contributed by atoms with Crippen LogP contribution in [0.1, 0.15) is 6.92 Å². The van der Waals surface area contributed by atoms with Gasteiger partial charge in [0.05, 0.1) is 0 Å². The molecule has 0 saturated carbocycles. The van der Waals surface area contributed by atoms with Gasteiger partial charge in [0.15, 0.2) is 6.10 Å². The van der Waals surface area contributed by atoms with Crippen LogP contribution in [0.25, 0.3) is 0 Å². The van der Waals surface area contributed by atoms with Crippen LogP contribution in [-0.4, -0.2) is 29.0 Å². The molecule has 1 aliphatic carbocycles. The third-order valence-corrected chi connectivity index (χ3v) is 2.29. The predicted molar refractivity (Wildman–Crippen MR) is 35.1 cm³/mol. The molecule has 0 amide bonds. The molecule has 2 aliphatic rings. The monoisotopic (exact) mass is 173 g/mol. The minimum absolute atomic E-state index is 0.711. The second-order valence-electron chi connectivity index (χ2n) is 3.19. The molecule has 0 spiro atoms. The summed E-state index contributed by atoms with van der Waals surface area (Å²) < 4.78 is 0. The van der Waals surface area contributed by atoms with E-state index in [0.717, 1.165) is 0 Å². The van der Waals surface area contributed by atoms with Gasteiger partial charge in [-0.2, -0.15) is 4.89 Å². The van der Waals surface area contributed by atoms with Crippen LogP contribution in [0.4, 0.5) is 0 Å². The first-order valence-corrected chi connectivity index (χ1v) is 3.68. The molecule has 1 heterocycles. The van der Waals surface area contributed by atoms with Crippen molar-refractivity contribution in [2.45, 2.75) is 30.8 Å². The number of aliphatic hydroxyl groups is 1. The van der Waals surface area contributed by atoms with Crippen molar-refractivity contribution in [3.8, 4) is 0 Å². The van der Waals surface area contributed by atoms with Gasteiger partial charge in [-0.15, -0.1) is 0 Å². The molecule has 12 heavy (non-hydrogen) atoms. The largest absolute Gasteiger partial charge is 0.387 e. The highest BCUT2D eigenvalue weighted by Gasteiger charge is 2.53. The summed E-state index contributed by atoms with van der Waals surface area (Å²) in [4.78, 5) is 13.4. The first-order chi connectivity index (χ1) is 5.67. The van der Waals surface area contributed by atoms with Crippen LogP contribution in [0.3, 0.4) is 0 Å². The van der Waals surface area contributed by atoms with Crippen molar-refractivity contribution >= 4 is 0 Å². The van der Waals surface area contributed by atoms with E-state index < -0.39 is 23.9 Å². The first-order valence-electron chi connectivity index (χ1n) is 3.68. The summed E-state index contributed by atoms with van der Waals surface area (Å²) in [5, 5.41) is 19.7. The summed E-state index contributed by atoms with van der Waals surface area (Å²) in [6, 6.07) is 0. The second kappa shape index (κ2) is 2.51. The molecule has 5 heteroatoms. The van der Waals surface area contributed by atoms with Crippen molar-refractivity contribution < 1.29 is 25.0 Å². The van der Waals surface area contributed by atoms with Gasteiger partial charge in [-0.3, -0.25) is 0 Å². The summed E-state index contributed by atoms with van der Waals surface area (Å²) in [7, 11) is 0. The molecule has 0 unspecified atom stereocenters. The van der Waals surface area contributed by atoms with Crippen molar-refractivity contribution in [2.75, 3.05) is 0 Å². The predicted octanol–water partition coefficient (Wildman–Crippen LogP) is -0.263.